The Morgan fingerprint density at radius 2 is 2.12 bits per heavy atom. The van der Waals surface area contributed by atoms with Crippen molar-refractivity contribution in [3.8, 4) is 0 Å². The lowest BCUT2D eigenvalue weighted by Gasteiger charge is -2.19. The van der Waals surface area contributed by atoms with E-state index < -0.39 is 23.4 Å². The molecule has 0 radical (unpaired) electrons. The van der Waals surface area contributed by atoms with E-state index in [4.69, 9.17) is 0 Å². The molecule has 0 aliphatic carbocycles. The minimum atomic E-state index is -0.987. The Labute approximate surface area is 155 Å². The molecule has 1 fully saturated rings. The topological polar surface area (TPSA) is 96.3 Å². The van der Waals surface area contributed by atoms with Crippen molar-refractivity contribution in [3.05, 3.63) is 16.6 Å². The molecule has 4 amide bonds. The number of nitrogens with zero attached hydrogens (tertiary/aromatic N) is 3. The summed E-state index contributed by atoms with van der Waals surface area (Å²) in [5, 5.41) is 8.81. The second-order valence-electron chi connectivity index (χ2n) is 7.19. The van der Waals surface area contributed by atoms with Gasteiger partial charge in [-0.15, -0.1) is 11.3 Å². The molecule has 3 heterocycles. The number of imide groups is 1. The number of rotatable bonds is 5. The summed E-state index contributed by atoms with van der Waals surface area (Å²) in [6.45, 7) is 10.3. The second kappa shape index (κ2) is 6.39. The lowest BCUT2D eigenvalue weighted by atomic mass is 10.00. The molecule has 0 spiro atoms. The van der Waals surface area contributed by atoms with Crippen LogP contribution in [0.25, 0.3) is 10.2 Å². The van der Waals surface area contributed by atoms with Gasteiger partial charge >= 0.3 is 6.03 Å². The average Bonchev–Trinajstić information content (AvgIpc) is 3.18. The normalized spacial score (nSPS) is 20.3. The molecular weight excluding hydrogens is 354 g/mol. The van der Waals surface area contributed by atoms with E-state index in [2.05, 4.69) is 29.7 Å². The number of carbonyl (C=O) groups excluding carboxylic acids is 3. The molecule has 3 rings (SSSR count). The van der Waals surface area contributed by atoms with Crippen molar-refractivity contribution in [1.29, 1.82) is 0 Å². The summed E-state index contributed by atoms with van der Waals surface area (Å²) in [4.78, 5) is 38.4. The Bertz CT molecular complexity index is 900. The third-order valence-corrected chi connectivity index (χ3v) is 5.70. The van der Waals surface area contributed by atoms with Crippen LogP contribution < -0.4 is 10.7 Å². The molecule has 2 N–H and O–H groups in total. The third-order valence-electron chi connectivity index (χ3n) is 4.55. The van der Waals surface area contributed by atoms with Crippen molar-refractivity contribution < 1.29 is 14.4 Å². The maximum Gasteiger partial charge on any atom is 0.344 e. The quantitative estimate of drug-likeness (QED) is 0.782. The number of thiophene rings is 1. The molecule has 2 aromatic rings. The highest BCUT2D eigenvalue weighted by Crippen LogP contribution is 2.29. The van der Waals surface area contributed by atoms with Gasteiger partial charge in [-0.1, -0.05) is 20.8 Å². The molecule has 1 atom stereocenters. The molecule has 1 aliphatic heterocycles. The number of hydrogen-bond donors (Lipinski definition) is 2. The van der Waals surface area contributed by atoms with Gasteiger partial charge < -0.3 is 5.32 Å². The standard InChI is InChI=1S/C17H23N5O3S/c1-6-17(5)15(24)22(16(25)18-17)20-13(23)12-7-11-10(4)19-21(8-9(2)3)14(11)26-12/h7,9H,6,8H2,1-5H3,(H,18,25)(H,20,23)/t17-/m1/s1. The maximum atomic E-state index is 12.6. The highest BCUT2D eigenvalue weighted by Gasteiger charge is 2.47. The van der Waals surface area contributed by atoms with Crippen LogP contribution in [-0.4, -0.2) is 38.2 Å². The van der Waals surface area contributed by atoms with Crippen LogP contribution in [0.1, 0.15) is 49.5 Å². The zero-order chi connectivity index (χ0) is 19.2. The minimum Gasteiger partial charge on any atom is -0.322 e. The van der Waals surface area contributed by atoms with Crippen LogP contribution in [0.5, 0.6) is 0 Å². The van der Waals surface area contributed by atoms with E-state index in [1.807, 2.05) is 11.6 Å². The Morgan fingerprint density at radius 1 is 1.42 bits per heavy atom. The van der Waals surface area contributed by atoms with Gasteiger partial charge in [-0.25, -0.2) is 4.79 Å². The van der Waals surface area contributed by atoms with Crippen molar-refractivity contribution in [2.24, 2.45) is 5.92 Å². The van der Waals surface area contributed by atoms with Gasteiger partial charge in [0.05, 0.1) is 10.6 Å². The highest BCUT2D eigenvalue weighted by atomic mass is 32.1. The first-order valence-electron chi connectivity index (χ1n) is 8.61. The van der Waals surface area contributed by atoms with Gasteiger partial charge in [-0.05, 0) is 32.3 Å². The van der Waals surface area contributed by atoms with Crippen LogP contribution in [-0.2, 0) is 11.3 Å². The number of amides is 4. The van der Waals surface area contributed by atoms with Crippen LogP contribution >= 0.6 is 11.3 Å². The van der Waals surface area contributed by atoms with Crippen LogP contribution in [0.15, 0.2) is 6.07 Å². The fourth-order valence-corrected chi connectivity index (χ4v) is 3.94. The molecule has 9 heteroatoms. The van der Waals surface area contributed by atoms with Gasteiger partial charge in [-0.2, -0.15) is 10.1 Å². The number of aromatic nitrogens is 2. The van der Waals surface area contributed by atoms with Gasteiger partial charge in [0.25, 0.3) is 11.8 Å². The predicted octanol–water partition coefficient (Wildman–Crippen LogP) is 2.43. The van der Waals surface area contributed by atoms with Crippen LogP contribution in [0, 0.1) is 12.8 Å². The number of hydrazine groups is 1. The maximum absolute atomic E-state index is 12.6. The molecule has 0 aromatic carbocycles. The molecule has 2 aromatic heterocycles. The van der Waals surface area contributed by atoms with E-state index in [-0.39, 0.29) is 0 Å². The average molecular weight is 377 g/mol. The Morgan fingerprint density at radius 3 is 2.69 bits per heavy atom. The first-order valence-corrected chi connectivity index (χ1v) is 9.42. The third kappa shape index (κ3) is 2.96. The van der Waals surface area contributed by atoms with Crippen molar-refractivity contribution in [3.63, 3.8) is 0 Å². The first-order chi connectivity index (χ1) is 12.2. The molecule has 26 heavy (non-hydrogen) atoms. The highest BCUT2D eigenvalue weighted by molar-refractivity contribution is 7.20. The van der Waals surface area contributed by atoms with Gasteiger partial charge in [0.15, 0.2) is 0 Å². The van der Waals surface area contributed by atoms with Crippen LogP contribution in [0.2, 0.25) is 0 Å². The van der Waals surface area contributed by atoms with E-state index in [9.17, 15) is 14.4 Å². The fourth-order valence-electron chi connectivity index (χ4n) is 2.88. The molecule has 1 saturated heterocycles. The van der Waals surface area contributed by atoms with Crippen molar-refractivity contribution in [2.75, 3.05) is 0 Å². The number of nitrogens with one attached hydrogen (secondary N) is 2. The van der Waals surface area contributed by atoms with Crippen molar-refractivity contribution in [1.82, 2.24) is 25.5 Å². The first kappa shape index (κ1) is 18.4. The zero-order valence-electron chi connectivity index (χ0n) is 15.5. The van der Waals surface area contributed by atoms with Gasteiger partial charge in [0, 0.05) is 11.9 Å². The molecule has 0 unspecified atom stereocenters. The van der Waals surface area contributed by atoms with Gasteiger partial charge in [-0.3, -0.25) is 19.7 Å². The van der Waals surface area contributed by atoms with E-state index in [1.54, 1.807) is 19.9 Å². The zero-order valence-corrected chi connectivity index (χ0v) is 16.4. The minimum absolute atomic E-state index is 0.425. The van der Waals surface area contributed by atoms with E-state index in [0.717, 1.165) is 27.5 Å². The molecule has 140 valence electrons. The smallest absolute Gasteiger partial charge is 0.322 e. The Balaban J connectivity index is 1.85. The van der Waals surface area contributed by atoms with Gasteiger partial charge in [0.2, 0.25) is 0 Å². The van der Waals surface area contributed by atoms with Crippen LogP contribution in [0.3, 0.4) is 0 Å². The number of aryl methyl sites for hydroxylation is 1. The SMILES string of the molecule is CC[C@@]1(C)NC(=O)N(NC(=O)c2cc3c(C)nn(CC(C)C)c3s2)C1=O. The number of hydrogen-bond acceptors (Lipinski definition) is 5. The summed E-state index contributed by atoms with van der Waals surface area (Å²) in [7, 11) is 0. The van der Waals surface area contributed by atoms with Gasteiger partial charge in [0.1, 0.15) is 10.4 Å². The predicted molar refractivity (Wildman–Crippen MR) is 98.7 cm³/mol. The summed E-state index contributed by atoms with van der Waals surface area (Å²) < 4.78 is 1.90. The summed E-state index contributed by atoms with van der Waals surface area (Å²) >= 11 is 1.31. The molecule has 0 saturated carbocycles. The monoisotopic (exact) mass is 377 g/mol. The number of urea groups is 1. The van der Waals surface area contributed by atoms with Crippen molar-refractivity contribution >= 4 is 39.4 Å². The number of carbonyl (C=O) groups is 3. The Kier molecular flexibility index (Phi) is 4.51. The van der Waals surface area contributed by atoms with E-state index >= 15 is 0 Å². The fraction of sp³-hybridized carbons (Fsp3) is 0.529. The van der Waals surface area contributed by atoms with E-state index in [1.165, 1.54) is 11.3 Å². The summed E-state index contributed by atoms with van der Waals surface area (Å²) in [5.74, 6) is -0.512. The summed E-state index contributed by atoms with van der Waals surface area (Å²) in [6, 6.07) is 1.14. The van der Waals surface area contributed by atoms with Crippen molar-refractivity contribution in [2.45, 2.75) is 53.1 Å². The summed E-state index contributed by atoms with van der Waals surface area (Å²) in [5.41, 5.74) is 2.29. The van der Waals surface area contributed by atoms with E-state index in [0.29, 0.717) is 17.2 Å². The molecule has 8 nitrogen and oxygen atoms in total. The largest absolute Gasteiger partial charge is 0.344 e. The lowest BCUT2D eigenvalue weighted by Crippen LogP contribution is -2.48. The summed E-state index contributed by atoms with van der Waals surface area (Å²) in [6.07, 6.45) is 0.442. The molecule has 0 bridgehead atoms. The lowest BCUT2D eigenvalue weighted by molar-refractivity contribution is -0.132. The van der Waals surface area contributed by atoms with Crippen LogP contribution in [0.4, 0.5) is 4.79 Å². The second-order valence-corrected chi connectivity index (χ2v) is 8.22. The number of fused-ring (bicyclic) bond motifs is 1. The molecular formula is C17H23N5O3S. The Hall–Kier alpha value is -2.42. The molecule has 1 aliphatic rings.